The van der Waals surface area contributed by atoms with E-state index in [2.05, 4.69) is 5.32 Å². The summed E-state index contributed by atoms with van der Waals surface area (Å²) in [5.41, 5.74) is 3.30. The molecule has 7 nitrogen and oxygen atoms in total. The first kappa shape index (κ1) is 32.5. The molecule has 0 radical (unpaired) electrons. The summed E-state index contributed by atoms with van der Waals surface area (Å²) >= 11 is 0. The standard InChI is InChI=1S/C36H41N3O4S/c1-27-15-14-19-30(23-27)25-38(33(35(41)37-36(3,4)5)24-29-17-8-6-9-18-29)34(40)26-39(32-22-13-12-16-28(32)2)44(42,43)31-20-10-7-11-21-31/h6-23,33H,24-26H2,1-5H3,(H,37,41)/t33-/m1/s1. The van der Waals surface area contributed by atoms with Crippen LogP contribution in [-0.4, -0.2) is 43.3 Å². The molecular formula is C36H41N3O4S. The number of nitrogens with one attached hydrogen (secondary N) is 1. The first-order chi connectivity index (χ1) is 20.8. The predicted octanol–water partition coefficient (Wildman–Crippen LogP) is 6.05. The smallest absolute Gasteiger partial charge is 0.264 e. The highest BCUT2D eigenvalue weighted by molar-refractivity contribution is 7.92. The molecule has 4 aromatic rings. The third-order valence-corrected chi connectivity index (χ3v) is 8.97. The maximum Gasteiger partial charge on any atom is 0.264 e. The Bertz CT molecular complexity index is 1680. The zero-order chi connectivity index (χ0) is 31.9. The molecule has 0 fully saturated rings. The Labute approximate surface area is 261 Å². The number of para-hydroxylation sites is 1. The lowest BCUT2D eigenvalue weighted by Gasteiger charge is -2.35. The number of amides is 2. The molecule has 4 rings (SSSR count). The number of rotatable bonds is 11. The lowest BCUT2D eigenvalue weighted by Crippen LogP contribution is -2.56. The molecule has 0 aliphatic rings. The molecule has 0 spiro atoms. The third-order valence-electron chi connectivity index (χ3n) is 7.20. The summed E-state index contributed by atoms with van der Waals surface area (Å²) in [5.74, 6) is -0.796. The van der Waals surface area contributed by atoms with Crippen LogP contribution in [0.2, 0.25) is 0 Å². The molecule has 0 aliphatic carbocycles. The molecule has 4 aromatic carbocycles. The van der Waals surface area contributed by atoms with Crippen molar-refractivity contribution in [3.8, 4) is 0 Å². The molecule has 0 aromatic heterocycles. The molecule has 1 atom stereocenters. The SMILES string of the molecule is Cc1cccc(CN(C(=O)CN(c2ccccc2C)S(=O)(=O)c2ccccc2)[C@H](Cc2ccccc2)C(=O)NC(C)(C)C)c1. The molecule has 0 saturated carbocycles. The summed E-state index contributed by atoms with van der Waals surface area (Å²) in [6.07, 6.45) is 0.260. The molecule has 0 saturated heterocycles. The number of aryl methyl sites for hydroxylation is 2. The highest BCUT2D eigenvalue weighted by Crippen LogP contribution is 2.27. The Morgan fingerprint density at radius 1 is 0.773 bits per heavy atom. The van der Waals surface area contributed by atoms with Gasteiger partial charge in [0.25, 0.3) is 10.0 Å². The maximum absolute atomic E-state index is 14.5. The van der Waals surface area contributed by atoms with Gasteiger partial charge in [0.15, 0.2) is 0 Å². The molecule has 1 N–H and O–H groups in total. The van der Waals surface area contributed by atoms with Crippen LogP contribution in [0.4, 0.5) is 5.69 Å². The number of anilines is 1. The molecule has 2 amide bonds. The zero-order valence-corrected chi connectivity index (χ0v) is 26.8. The second-order valence-corrected chi connectivity index (χ2v) is 13.9. The normalized spacial score (nSPS) is 12.3. The van der Waals surface area contributed by atoms with Gasteiger partial charge in [-0.2, -0.15) is 0 Å². The summed E-state index contributed by atoms with van der Waals surface area (Å²) in [6, 6.07) is 31.6. The summed E-state index contributed by atoms with van der Waals surface area (Å²) in [5, 5.41) is 3.06. The molecule has 230 valence electrons. The van der Waals surface area contributed by atoms with E-state index in [1.165, 1.54) is 17.0 Å². The third kappa shape index (κ3) is 8.35. The van der Waals surface area contributed by atoms with Crippen LogP contribution in [0.1, 0.15) is 43.0 Å². The van der Waals surface area contributed by atoms with Crippen molar-refractivity contribution < 1.29 is 18.0 Å². The highest BCUT2D eigenvalue weighted by atomic mass is 32.2. The maximum atomic E-state index is 14.5. The van der Waals surface area contributed by atoms with E-state index in [4.69, 9.17) is 0 Å². The average Bonchev–Trinajstić information content (AvgIpc) is 2.98. The minimum atomic E-state index is -4.13. The minimum Gasteiger partial charge on any atom is -0.350 e. The Kier molecular flexibility index (Phi) is 10.3. The van der Waals surface area contributed by atoms with E-state index in [1.807, 2.05) is 101 Å². The first-order valence-corrected chi connectivity index (χ1v) is 16.1. The molecule has 8 heteroatoms. The minimum absolute atomic E-state index is 0.0765. The van der Waals surface area contributed by atoms with Crippen LogP contribution in [-0.2, 0) is 32.6 Å². The van der Waals surface area contributed by atoms with E-state index in [-0.39, 0.29) is 23.8 Å². The topological polar surface area (TPSA) is 86.8 Å². The van der Waals surface area contributed by atoms with Crippen LogP contribution in [0.3, 0.4) is 0 Å². The van der Waals surface area contributed by atoms with Gasteiger partial charge in [-0.1, -0.05) is 96.6 Å². The summed E-state index contributed by atoms with van der Waals surface area (Å²) < 4.78 is 29.4. The Morgan fingerprint density at radius 2 is 1.36 bits per heavy atom. The van der Waals surface area contributed by atoms with Crippen molar-refractivity contribution in [1.82, 2.24) is 10.2 Å². The van der Waals surface area contributed by atoms with Crippen LogP contribution in [0, 0.1) is 13.8 Å². The monoisotopic (exact) mass is 611 g/mol. The highest BCUT2D eigenvalue weighted by Gasteiger charge is 2.35. The quantitative estimate of drug-likeness (QED) is 0.224. The van der Waals surface area contributed by atoms with E-state index in [1.54, 1.807) is 30.3 Å². The fourth-order valence-electron chi connectivity index (χ4n) is 5.09. The van der Waals surface area contributed by atoms with Crippen LogP contribution < -0.4 is 9.62 Å². The van der Waals surface area contributed by atoms with Gasteiger partial charge in [0.2, 0.25) is 11.8 Å². The molecule has 44 heavy (non-hydrogen) atoms. The van der Waals surface area contributed by atoms with Gasteiger partial charge in [0.1, 0.15) is 12.6 Å². The summed E-state index contributed by atoms with van der Waals surface area (Å²) in [6.45, 7) is 9.10. The van der Waals surface area contributed by atoms with Crippen molar-refractivity contribution in [2.24, 2.45) is 0 Å². The van der Waals surface area contributed by atoms with Gasteiger partial charge in [-0.25, -0.2) is 8.42 Å². The second-order valence-electron chi connectivity index (χ2n) is 12.1. The van der Waals surface area contributed by atoms with E-state index >= 15 is 0 Å². The molecule has 0 aliphatic heterocycles. The van der Waals surface area contributed by atoms with Crippen LogP contribution in [0.15, 0.2) is 114 Å². The van der Waals surface area contributed by atoms with Gasteiger partial charge in [-0.05, 0) is 69.5 Å². The van der Waals surface area contributed by atoms with Gasteiger partial charge in [-0.15, -0.1) is 0 Å². The predicted molar refractivity (Wildman–Crippen MR) is 176 cm³/mol. The van der Waals surface area contributed by atoms with E-state index in [0.717, 1.165) is 21.0 Å². The van der Waals surface area contributed by atoms with E-state index < -0.39 is 34.1 Å². The van der Waals surface area contributed by atoms with Crippen molar-refractivity contribution in [3.63, 3.8) is 0 Å². The number of hydrogen-bond acceptors (Lipinski definition) is 4. The molecule has 0 heterocycles. The van der Waals surface area contributed by atoms with Gasteiger partial charge < -0.3 is 10.2 Å². The molecular weight excluding hydrogens is 570 g/mol. The number of sulfonamides is 1. The van der Waals surface area contributed by atoms with Gasteiger partial charge in [0.05, 0.1) is 10.6 Å². The number of nitrogens with zero attached hydrogens (tertiary/aromatic N) is 2. The van der Waals surface area contributed by atoms with Gasteiger partial charge in [0, 0.05) is 18.5 Å². The summed E-state index contributed by atoms with van der Waals surface area (Å²) in [7, 11) is -4.13. The fraction of sp³-hybridized carbons (Fsp3) is 0.278. The zero-order valence-electron chi connectivity index (χ0n) is 26.0. The Morgan fingerprint density at radius 3 is 1.98 bits per heavy atom. The Hall–Kier alpha value is -4.43. The number of carbonyl (C=O) groups excluding carboxylic acids is 2. The second kappa shape index (κ2) is 13.9. The Balaban J connectivity index is 1.82. The molecule has 0 unspecified atom stereocenters. The van der Waals surface area contributed by atoms with E-state index in [9.17, 15) is 18.0 Å². The average molecular weight is 612 g/mol. The van der Waals surface area contributed by atoms with Gasteiger partial charge in [-0.3, -0.25) is 13.9 Å². The van der Waals surface area contributed by atoms with Crippen molar-refractivity contribution >= 4 is 27.5 Å². The first-order valence-electron chi connectivity index (χ1n) is 14.7. The van der Waals surface area contributed by atoms with Crippen LogP contribution in [0.25, 0.3) is 0 Å². The van der Waals surface area contributed by atoms with Crippen LogP contribution >= 0.6 is 0 Å². The number of carbonyl (C=O) groups is 2. The fourth-order valence-corrected chi connectivity index (χ4v) is 6.59. The lowest BCUT2D eigenvalue weighted by atomic mass is 10.0. The molecule has 0 bridgehead atoms. The van der Waals surface area contributed by atoms with E-state index in [0.29, 0.717) is 11.3 Å². The van der Waals surface area contributed by atoms with Crippen LogP contribution in [0.5, 0.6) is 0 Å². The lowest BCUT2D eigenvalue weighted by molar-refractivity contribution is -0.140. The van der Waals surface area contributed by atoms with Crippen molar-refractivity contribution in [3.05, 3.63) is 131 Å². The van der Waals surface area contributed by atoms with Crippen molar-refractivity contribution in [2.45, 2.75) is 64.1 Å². The van der Waals surface area contributed by atoms with Crippen molar-refractivity contribution in [2.75, 3.05) is 10.8 Å². The summed E-state index contributed by atoms with van der Waals surface area (Å²) in [4.78, 5) is 30.1. The largest absolute Gasteiger partial charge is 0.350 e. The van der Waals surface area contributed by atoms with Gasteiger partial charge >= 0.3 is 0 Å². The number of benzene rings is 4. The number of hydrogen-bond donors (Lipinski definition) is 1. The van der Waals surface area contributed by atoms with Crippen molar-refractivity contribution in [1.29, 1.82) is 0 Å².